The molecule has 218 valence electrons. The number of hydrogen-bond donors (Lipinski definition) is 0. The van der Waals surface area contributed by atoms with E-state index in [9.17, 15) is 10.1 Å². The Morgan fingerprint density at radius 2 is 1.95 bits per heavy atom. The molecule has 0 aliphatic carbocycles. The Morgan fingerprint density at radius 3 is 2.71 bits per heavy atom. The molecule has 2 unspecified atom stereocenters. The third kappa shape index (κ3) is 5.57. The van der Waals surface area contributed by atoms with E-state index in [4.69, 9.17) is 14.7 Å². The smallest absolute Gasteiger partial charge is 0.246 e. The predicted molar refractivity (Wildman–Crippen MR) is 164 cm³/mol. The Balaban J connectivity index is 1.33. The van der Waals surface area contributed by atoms with Gasteiger partial charge in [-0.3, -0.25) is 4.79 Å². The monoisotopic (exact) mass is 565 g/mol. The van der Waals surface area contributed by atoms with Crippen molar-refractivity contribution in [2.75, 3.05) is 56.1 Å². The van der Waals surface area contributed by atoms with Crippen molar-refractivity contribution in [1.29, 1.82) is 5.26 Å². The number of anilines is 2. The fraction of sp³-hybridized carbons (Fsp3) is 0.455. The quantitative estimate of drug-likeness (QED) is 0.400. The summed E-state index contributed by atoms with van der Waals surface area (Å²) in [6.07, 6.45) is 3.62. The lowest BCUT2D eigenvalue weighted by atomic mass is 9.99. The van der Waals surface area contributed by atoms with E-state index in [0.717, 1.165) is 49.6 Å². The van der Waals surface area contributed by atoms with Gasteiger partial charge in [0, 0.05) is 55.9 Å². The van der Waals surface area contributed by atoms with Crippen molar-refractivity contribution in [2.45, 2.75) is 51.5 Å². The van der Waals surface area contributed by atoms with Crippen molar-refractivity contribution in [1.82, 2.24) is 19.8 Å². The van der Waals surface area contributed by atoms with Gasteiger partial charge in [-0.1, -0.05) is 36.9 Å². The first kappa shape index (κ1) is 28.1. The number of carbonyl (C=O) groups excluding carboxylic acids is 1. The third-order valence-corrected chi connectivity index (χ3v) is 8.88. The van der Waals surface area contributed by atoms with Crippen LogP contribution >= 0.6 is 0 Å². The number of fused-ring (bicyclic) bond motifs is 2. The molecule has 1 aromatic heterocycles. The topological polar surface area (TPSA) is 88.8 Å². The van der Waals surface area contributed by atoms with Gasteiger partial charge < -0.3 is 24.3 Å². The molecule has 0 spiro atoms. The summed E-state index contributed by atoms with van der Waals surface area (Å²) in [4.78, 5) is 31.4. The Morgan fingerprint density at radius 1 is 1.12 bits per heavy atom. The number of ether oxygens (including phenoxy) is 1. The molecule has 0 N–H and O–H groups in total. The van der Waals surface area contributed by atoms with Gasteiger partial charge >= 0.3 is 0 Å². The molecule has 3 aliphatic rings. The number of aromatic nitrogens is 2. The molecule has 0 radical (unpaired) electrons. The van der Waals surface area contributed by atoms with Crippen molar-refractivity contribution in [3.8, 4) is 6.07 Å². The summed E-state index contributed by atoms with van der Waals surface area (Å²) >= 11 is 0. The van der Waals surface area contributed by atoms with E-state index in [2.05, 4.69) is 77.7 Å². The van der Waals surface area contributed by atoms with Crippen molar-refractivity contribution in [3.05, 3.63) is 71.7 Å². The van der Waals surface area contributed by atoms with Gasteiger partial charge in [0.15, 0.2) is 5.82 Å². The Bertz CT molecular complexity index is 1530. The second-order valence-corrected chi connectivity index (χ2v) is 11.7. The maximum atomic E-state index is 12.5. The molecule has 0 bridgehead atoms. The number of likely N-dealkylation sites (N-methyl/N-ethyl adjacent to an activating group) is 1. The number of carbonyl (C=O) groups is 1. The van der Waals surface area contributed by atoms with E-state index in [1.165, 1.54) is 28.1 Å². The highest BCUT2D eigenvalue weighted by molar-refractivity contribution is 5.97. The van der Waals surface area contributed by atoms with Crippen molar-refractivity contribution >= 4 is 28.2 Å². The summed E-state index contributed by atoms with van der Waals surface area (Å²) in [6, 6.07) is 15.0. The van der Waals surface area contributed by atoms with Crippen LogP contribution in [0, 0.1) is 18.3 Å². The molecule has 4 heterocycles. The largest absolute Gasteiger partial charge is 0.369 e. The van der Waals surface area contributed by atoms with Crippen LogP contribution in [0.2, 0.25) is 0 Å². The Hall–Kier alpha value is -4.00. The fourth-order valence-corrected chi connectivity index (χ4v) is 6.72. The van der Waals surface area contributed by atoms with Crippen LogP contribution in [0.5, 0.6) is 0 Å². The lowest BCUT2D eigenvalue weighted by Crippen LogP contribution is -2.55. The molecule has 2 aromatic carbocycles. The normalized spacial score (nSPS) is 20.9. The van der Waals surface area contributed by atoms with Crippen LogP contribution in [-0.2, 0) is 29.1 Å². The van der Waals surface area contributed by atoms with Crippen LogP contribution in [0.3, 0.4) is 0 Å². The highest BCUT2D eigenvalue weighted by Crippen LogP contribution is 2.35. The van der Waals surface area contributed by atoms with Gasteiger partial charge in [-0.05, 0) is 49.9 Å². The predicted octanol–water partition coefficient (Wildman–Crippen LogP) is 3.84. The average molecular weight is 566 g/mol. The second-order valence-electron chi connectivity index (χ2n) is 11.7. The SMILES string of the molecule is C=CC(=O)N1CCN(c2nc(COC3CCN(C)C3)nc3c2CCN(c2cccc4cccc(C)c24)C3)CC1CC#N. The van der Waals surface area contributed by atoms with Crippen LogP contribution in [0.15, 0.2) is 49.1 Å². The van der Waals surface area contributed by atoms with E-state index in [0.29, 0.717) is 38.6 Å². The van der Waals surface area contributed by atoms with Crippen LogP contribution in [0.1, 0.15) is 35.5 Å². The number of likely N-dealkylation sites (tertiary alicyclic amines) is 1. The van der Waals surface area contributed by atoms with Crippen LogP contribution < -0.4 is 9.80 Å². The van der Waals surface area contributed by atoms with Gasteiger partial charge in [-0.2, -0.15) is 5.26 Å². The van der Waals surface area contributed by atoms with Crippen molar-refractivity contribution in [2.24, 2.45) is 0 Å². The lowest BCUT2D eigenvalue weighted by Gasteiger charge is -2.42. The van der Waals surface area contributed by atoms with Crippen molar-refractivity contribution in [3.63, 3.8) is 0 Å². The highest BCUT2D eigenvalue weighted by atomic mass is 16.5. The fourth-order valence-electron chi connectivity index (χ4n) is 6.72. The van der Waals surface area contributed by atoms with Gasteiger partial charge in [-0.25, -0.2) is 9.97 Å². The standard InChI is InChI=1S/C33H39N7O2/c1-4-31(41)40-18-17-39(19-25(40)11-14-34)33-27-13-16-38(29-10-6-9-24-8-5-7-23(2)32(24)29)21-28(27)35-30(36-33)22-42-26-12-15-37(3)20-26/h4-10,25-26H,1,11-13,15-22H2,2-3H3. The number of amides is 1. The van der Waals surface area contributed by atoms with Gasteiger partial charge in [-0.15, -0.1) is 0 Å². The lowest BCUT2D eigenvalue weighted by molar-refractivity contribution is -0.128. The molecule has 9 nitrogen and oxygen atoms in total. The van der Waals surface area contributed by atoms with Crippen LogP contribution in [0.4, 0.5) is 11.5 Å². The molecule has 9 heteroatoms. The summed E-state index contributed by atoms with van der Waals surface area (Å²) in [5, 5.41) is 12.1. The molecule has 0 saturated carbocycles. The summed E-state index contributed by atoms with van der Waals surface area (Å²) in [5.74, 6) is 1.48. The van der Waals surface area contributed by atoms with Gasteiger partial charge in [0.25, 0.3) is 0 Å². The number of hydrogen-bond acceptors (Lipinski definition) is 8. The zero-order chi connectivity index (χ0) is 29.2. The maximum Gasteiger partial charge on any atom is 0.246 e. The molecule has 2 saturated heterocycles. The van der Waals surface area contributed by atoms with E-state index >= 15 is 0 Å². The minimum absolute atomic E-state index is 0.128. The number of rotatable bonds is 7. The third-order valence-electron chi connectivity index (χ3n) is 8.88. The molecule has 3 aliphatic heterocycles. The van der Waals surface area contributed by atoms with Gasteiger partial charge in [0.05, 0.1) is 36.9 Å². The molecule has 1 amide bonds. The van der Waals surface area contributed by atoms with Crippen LogP contribution in [-0.4, -0.2) is 84.1 Å². The molecule has 42 heavy (non-hydrogen) atoms. The minimum Gasteiger partial charge on any atom is -0.369 e. The Kier molecular flexibility index (Phi) is 8.09. The number of nitrogens with zero attached hydrogens (tertiary/aromatic N) is 7. The van der Waals surface area contributed by atoms with E-state index in [1.54, 1.807) is 4.90 Å². The molecule has 2 fully saturated rings. The van der Waals surface area contributed by atoms with Crippen molar-refractivity contribution < 1.29 is 9.53 Å². The minimum atomic E-state index is -0.215. The summed E-state index contributed by atoms with van der Waals surface area (Å²) in [6.45, 7) is 11.4. The number of aryl methyl sites for hydroxylation is 1. The number of benzene rings is 2. The molecule has 6 rings (SSSR count). The zero-order valence-corrected chi connectivity index (χ0v) is 24.6. The summed E-state index contributed by atoms with van der Waals surface area (Å²) < 4.78 is 6.29. The maximum absolute atomic E-state index is 12.5. The molecular formula is C33H39N7O2. The number of nitriles is 1. The zero-order valence-electron chi connectivity index (χ0n) is 24.6. The first-order valence-electron chi connectivity index (χ1n) is 14.9. The summed E-state index contributed by atoms with van der Waals surface area (Å²) in [7, 11) is 2.12. The van der Waals surface area contributed by atoms with Crippen LogP contribution in [0.25, 0.3) is 10.8 Å². The highest BCUT2D eigenvalue weighted by Gasteiger charge is 2.33. The number of piperazine rings is 1. The molecule has 3 aromatic rings. The summed E-state index contributed by atoms with van der Waals surface area (Å²) in [5.41, 5.74) is 4.68. The average Bonchev–Trinajstić information content (AvgIpc) is 3.43. The second kappa shape index (κ2) is 12.1. The first-order valence-corrected chi connectivity index (χ1v) is 14.9. The van der Waals surface area contributed by atoms with Gasteiger partial charge in [0.1, 0.15) is 12.4 Å². The van der Waals surface area contributed by atoms with E-state index < -0.39 is 0 Å². The first-order chi connectivity index (χ1) is 20.4. The van der Waals surface area contributed by atoms with E-state index in [1.807, 2.05) is 0 Å². The molecule has 2 atom stereocenters. The molecular weight excluding hydrogens is 526 g/mol. The van der Waals surface area contributed by atoms with Gasteiger partial charge in [0.2, 0.25) is 5.91 Å². The Labute approximate surface area is 248 Å². The van der Waals surface area contributed by atoms with E-state index in [-0.39, 0.29) is 24.5 Å².